The highest BCUT2D eigenvalue weighted by molar-refractivity contribution is 5.81. The second-order valence-electron chi connectivity index (χ2n) is 3.69. The molecule has 0 radical (unpaired) electrons. The van der Waals surface area contributed by atoms with Crippen molar-refractivity contribution in [3.63, 3.8) is 0 Å². The quantitative estimate of drug-likeness (QED) is 0.618. The monoisotopic (exact) mass is 267 g/mol. The summed E-state index contributed by atoms with van der Waals surface area (Å²) < 4.78 is 0.988. The van der Waals surface area contributed by atoms with Gasteiger partial charge in [0.05, 0.1) is 0 Å². The van der Waals surface area contributed by atoms with Gasteiger partial charge in [0, 0.05) is 18.8 Å². The molecule has 102 valence electrons. The Kier molecular flexibility index (Phi) is 4.81. The van der Waals surface area contributed by atoms with E-state index in [4.69, 9.17) is 5.11 Å². The van der Waals surface area contributed by atoms with Gasteiger partial charge in [-0.15, -0.1) is 6.58 Å². The van der Waals surface area contributed by atoms with Gasteiger partial charge >= 0.3 is 11.7 Å². The SMILES string of the molecule is C=CCN(CC(=O)O)C(=O)Cn1ccc(=O)[nH]c1=O. The average Bonchev–Trinajstić information content (AvgIpc) is 2.31. The van der Waals surface area contributed by atoms with Gasteiger partial charge in [-0.1, -0.05) is 6.08 Å². The lowest BCUT2D eigenvalue weighted by molar-refractivity contribution is -0.144. The summed E-state index contributed by atoms with van der Waals surface area (Å²) in [5.41, 5.74) is -1.29. The van der Waals surface area contributed by atoms with Gasteiger partial charge in [0.2, 0.25) is 5.91 Å². The van der Waals surface area contributed by atoms with Crippen LogP contribution in [0.3, 0.4) is 0 Å². The van der Waals surface area contributed by atoms with Gasteiger partial charge in [0.25, 0.3) is 5.56 Å². The van der Waals surface area contributed by atoms with Crippen molar-refractivity contribution in [1.82, 2.24) is 14.5 Å². The van der Waals surface area contributed by atoms with Crippen LogP contribution in [0.4, 0.5) is 0 Å². The van der Waals surface area contributed by atoms with Crippen molar-refractivity contribution < 1.29 is 14.7 Å². The third kappa shape index (κ3) is 4.26. The number of amides is 1. The van der Waals surface area contributed by atoms with Gasteiger partial charge in [-0.25, -0.2) is 4.79 Å². The molecule has 0 saturated heterocycles. The molecule has 8 heteroatoms. The summed E-state index contributed by atoms with van der Waals surface area (Å²) in [6, 6.07) is 1.10. The van der Waals surface area contributed by atoms with Crippen molar-refractivity contribution in [3.05, 3.63) is 45.8 Å². The first-order valence-corrected chi connectivity index (χ1v) is 5.34. The van der Waals surface area contributed by atoms with Gasteiger partial charge in [0.15, 0.2) is 0 Å². The molecule has 1 heterocycles. The van der Waals surface area contributed by atoms with E-state index in [2.05, 4.69) is 6.58 Å². The van der Waals surface area contributed by atoms with Crippen LogP contribution in [0.5, 0.6) is 0 Å². The highest BCUT2D eigenvalue weighted by Crippen LogP contribution is 1.93. The summed E-state index contributed by atoms with van der Waals surface area (Å²) in [5.74, 6) is -1.72. The Morgan fingerprint density at radius 2 is 2.16 bits per heavy atom. The zero-order valence-corrected chi connectivity index (χ0v) is 10.0. The predicted octanol–water partition coefficient (Wildman–Crippen LogP) is -1.36. The number of aromatic amines is 1. The highest BCUT2D eigenvalue weighted by atomic mass is 16.4. The topological polar surface area (TPSA) is 112 Å². The molecule has 0 unspecified atom stereocenters. The molecule has 1 aromatic heterocycles. The number of H-pyrrole nitrogens is 1. The lowest BCUT2D eigenvalue weighted by Crippen LogP contribution is -2.40. The van der Waals surface area contributed by atoms with Crippen LogP contribution in [0.15, 0.2) is 34.5 Å². The Morgan fingerprint density at radius 1 is 1.47 bits per heavy atom. The number of hydrogen-bond donors (Lipinski definition) is 2. The maximum atomic E-state index is 11.8. The van der Waals surface area contributed by atoms with Crippen molar-refractivity contribution >= 4 is 11.9 Å². The van der Waals surface area contributed by atoms with Crippen LogP contribution in [-0.4, -0.2) is 44.5 Å². The smallest absolute Gasteiger partial charge is 0.328 e. The van der Waals surface area contributed by atoms with Gasteiger partial charge in [0.1, 0.15) is 13.1 Å². The summed E-state index contributed by atoms with van der Waals surface area (Å²) in [6.07, 6.45) is 2.56. The molecule has 2 N–H and O–H groups in total. The molecule has 1 aromatic rings. The minimum absolute atomic E-state index is 0.0588. The number of aromatic nitrogens is 2. The Balaban J connectivity index is 2.86. The number of hydrogen-bond acceptors (Lipinski definition) is 4. The molecule has 0 atom stereocenters. The van der Waals surface area contributed by atoms with Crippen molar-refractivity contribution in [2.45, 2.75) is 6.54 Å². The minimum Gasteiger partial charge on any atom is -0.480 e. The Labute approximate surface area is 107 Å². The first-order valence-electron chi connectivity index (χ1n) is 5.34. The Bertz CT molecular complexity index is 601. The average molecular weight is 267 g/mol. The van der Waals surface area contributed by atoms with Crippen LogP contribution < -0.4 is 11.2 Å². The number of rotatable bonds is 6. The third-order valence-electron chi connectivity index (χ3n) is 2.23. The molecule has 1 rings (SSSR count). The predicted molar refractivity (Wildman–Crippen MR) is 65.7 cm³/mol. The number of nitrogens with zero attached hydrogens (tertiary/aromatic N) is 2. The highest BCUT2D eigenvalue weighted by Gasteiger charge is 2.16. The van der Waals surface area contributed by atoms with Crippen LogP contribution in [0.2, 0.25) is 0 Å². The fourth-order valence-electron chi connectivity index (χ4n) is 1.39. The fourth-order valence-corrected chi connectivity index (χ4v) is 1.39. The molecular weight excluding hydrogens is 254 g/mol. The first-order chi connectivity index (χ1) is 8.93. The molecule has 0 aromatic carbocycles. The van der Waals surface area contributed by atoms with Gasteiger partial charge in [-0.2, -0.15) is 0 Å². The van der Waals surface area contributed by atoms with Crippen molar-refractivity contribution in [3.8, 4) is 0 Å². The molecule has 19 heavy (non-hydrogen) atoms. The molecule has 0 aliphatic carbocycles. The Hall–Kier alpha value is -2.64. The minimum atomic E-state index is -1.16. The van der Waals surface area contributed by atoms with Gasteiger partial charge < -0.3 is 10.0 Å². The number of aliphatic carboxylic acids is 1. The molecular formula is C11H13N3O5. The molecule has 1 amide bonds. The van der Waals surface area contributed by atoms with Crippen LogP contribution >= 0.6 is 0 Å². The normalized spacial score (nSPS) is 9.89. The summed E-state index contributed by atoms with van der Waals surface area (Å²) in [4.78, 5) is 47.7. The van der Waals surface area contributed by atoms with Crippen LogP contribution in [-0.2, 0) is 16.1 Å². The van der Waals surface area contributed by atoms with E-state index in [0.717, 1.165) is 15.5 Å². The number of nitrogens with one attached hydrogen (secondary N) is 1. The van der Waals surface area contributed by atoms with E-state index < -0.39 is 29.7 Å². The van der Waals surface area contributed by atoms with E-state index >= 15 is 0 Å². The Morgan fingerprint density at radius 3 is 2.68 bits per heavy atom. The lowest BCUT2D eigenvalue weighted by Gasteiger charge is -2.19. The van der Waals surface area contributed by atoms with E-state index in [-0.39, 0.29) is 13.1 Å². The zero-order valence-electron chi connectivity index (χ0n) is 10.0. The number of carboxylic acids is 1. The maximum absolute atomic E-state index is 11.8. The first kappa shape index (κ1) is 14.4. The van der Waals surface area contributed by atoms with Crippen LogP contribution in [0.1, 0.15) is 0 Å². The number of carbonyl (C=O) groups is 2. The lowest BCUT2D eigenvalue weighted by atomic mass is 10.4. The largest absolute Gasteiger partial charge is 0.480 e. The fraction of sp³-hybridized carbons (Fsp3) is 0.273. The second kappa shape index (κ2) is 6.34. The molecule has 0 aliphatic heterocycles. The third-order valence-corrected chi connectivity index (χ3v) is 2.23. The van der Waals surface area contributed by atoms with Gasteiger partial charge in [-0.05, 0) is 0 Å². The van der Waals surface area contributed by atoms with Gasteiger partial charge in [-0.3, -0.25) is 23.9 Å². The molecule has 0 saturated carbocycles. The number of carbonyl (C=O) groups excluding carboxylic acids is 1. The molecule has 0 bridgehead atoms. The van der Waals surface area contributed by atoms with E-state index in [0.29, 0.717) is 0 Å². The summed E-state index contributed by atoms with van der Waals surface area (Å²) in [5, 5.41) is 8.67. The molecule has 0 spiro atoms. The van der Waals surface area contributed by atoms with Crippen molar-refractivity contribution in [2.24, 2.45) is 0 Å². The second-order valence-corrected chi connectivity index (χ2v) is 3.69. The summed E-state index contributed by atoms with van der Waals surface area (Å²) in [6.45, 7) is 2.65. The van der Waals surface area contributed by atoms with Crippen LogP contribution in [0.25, 0.3) is 0 Å². The van der Waals surface area contributed by atoms with E-state index in [1.807, 2.05) is 4.98 Å². The zero-order chi connectivity index (χ0) is 14.4. The standard InChI is InChI=1S/C11H13N3O5/c1-2-4-13(7-10(17)18)9(16)6-14-5-3-8(15)12-11(14)19/h2-3,5H,1,4,6-7H2,(H,17,18)(H,12,15,19). The molecule has 0 fully saturated rings. The van der Waals surface area contributed by atoms with E-state index in [1.54, 1.807) is 0 Å². The maximum Gasteiger partial charge on any atom is 0.328 e. The molecule has 0 aliphatic rings. The number of carboxylic acid groups (broad SMARTS) is 1. The summed E-state index contributed by atoms with van der Waals surface area (Å²) in [7, 11) is 0. The molecule has 8 nitrogen and oxygen atoms in total. The van der Waals surface area contributed by atoms with Crippen molar-refractivity contribution in [2.75, 3.05) is 13.1 Å². The van der Waals surface area contributed by atoms with E-state index in [9.17, 15) is 19.2 Å². The van der Waals surface area contributed by atoms with E-state index in [1.165, 1.54) is 12.3 Å². The van der Waals surface area contributed by atoms with Crippen LogP contribution in [0, 0.1) is 0 Å². The summed E-state index contributed by atoms with van der Waals surface area (Å²) >= 11 is 0. The van der Waals surface area contributed by atoms with Crippen molar-refractivity contribution in [1.29, 1.82) is 0 Å².